The largest absolute Gasteiger partial charge is 0.497 e. The Bertz CT molecular complexity index is 718. The van der Waals surface area contributed by atoms with Crippen molar-refractivity contribution in [2.75, 3.05) is 12.5 Å². The average Bonchev–Trinajstić information content (AvgIpc) is 2.90. The van der Waals surface area contributed by atoms with E-state index in [9.17, 15) is 0 Å². The van der Waals surface area contributed by atoms with Gasteiger partial charge in [0.2, 0.25) is 0 Å². The highest BCUT2D eigenvalue weighted by atomic mass is 16.5. The first-order valence-corrected chi connectivity index (χ1v) is 6.34. The Kier molecular flexibility index (Phi) is 3.26. The minimum absolute atomic E-state index is 0.758. The van der Waals surface area contributed by atoms with Crippen molar-refractivity contribution in [3.05, 3.63) is 54.4 Å². The van der Waals surface area contributed by atoms with E-state index in [0.717, 1.165) is 29.0 Å². The van der Waals surface area contributed by atoms with Crippen molar-refractivity contribution in [3.63, 3.8) is 0 Å². The summed E-state index contributed by atoms with van der Waals surface area (Å²) >= 11 is 0. The third-order valence-corrected chi connectivity index (χ3v) is 3.30. The van der Waals surface area contributed by atoms with Gasteiger partial charge in [-0.25, -0.2) is 4.98 Å². The predicted octanol–water partition coefficient (Wildman–Crippen LogP) is 2.38. The summed E-state index contributed by atoms with van der Waals surface area (Å²) < 4.78 is 7.26. The molecule has 0 saturated carbocycles. The van der Waals surface area contributed by atoms with E-state index in [1.807, 2.05) is 36.7 Å². The number of anilines is 1. The molecule has 0 saturated heterocycles. The van der Waals surface area contributed by atoms with Gasteiger partial charge in [0.1, 0.15) is 5.75 Å². The van der Waals surface area contributed by atoms with Crippen LogP contribution in [0.2, 0.25) is 0 Å². The molecule has 0 radical (unpaired) electrons. The van der Waals surface area contributed by atoms with Gasteiger partial charge >= 0.3 is 0 Å². The Labute approximate surface area is 117 Å². The molecule has 20 heavy (non-hydrogen) atoms. The zero-order chi connectivity index (χ0) is 13.9. The molecule has 0 fully saturated rings. The predicted molar refractivity (Wildman–Crippen MR) is 79.6 cm³/mol. The number of aromatic nitrogens is 2. The normalized spacial score (nSPS) is 10.7. The van der Waals surface area contributed by atoms with Gasteiger partial charge in [0.15, 0.2) is 0 Å². The topological polar surface area (TPSA) is 65.1 Å². The molecule has 5 nitrogen and oxygen atoms in total. The zero-order valence-electron chi connectivity index (χ0n) is 11.2. The quantitative estimate of drug-likeness (QED) is 0.563. The molecule has 5 heteroatoms. The molecule has 1 heterocycles. The Morgan fingerprint density at radius 1 is 1.20 bits per heavy atom. The van der Waals surface area contributed by atoms with Crippen LogP contribution in [-0.2, 0) is 6.54 Å². The summed E-state index contributed by atoms with van der Waals surface area (Å²) in [5, 5.41) is 0. The fraction of sp³-hybridized carbons (Fsp3) is 0.133. The number of methoxy groups -OCH3 is 1. The third kappa shape index (κ3) is 2.31. The summed E-state index contributed by atoms with van der Waals surface area (Å²) in [4.78, 5) is 4.39. The van der Waals surface area contributed by atoms with Crippen LogP contribution < -0.4 is 16.0 Å². The first-order valence-electron chi connectivity index (χ1n) is 6.34. The van der Waals surface area contributed by atoms with E-state index in [1.54, 1.807) is 7.11 Å². The van der Waals surface area contributed by atoms with Gasteiger partial charge in [-0.05, 0) is 35.9 Å². The molecular weight excluding hydrogens is 252 g/mol. The number of imidazole rings is 1. The van der Waals surface area contributed by atoms with Crippen LogP contribution in [-0.4, -0.2) is 16.7 Å². The standard InChI is InChI=1S/C15H16N4O/c1-20-13-5-2-11(3-6-13)9-19-10-17-14-7-4-12(18-16)8-15(14)19/h2-8,10,18H,9,16H2,1H3. The van der Waals surface area contributed by atoms with E-state index in [1.165, 1.54) is 5.56 Å². The van der Waals surface area contributed by atoms with Gasteiger partial charge in [-0.1, -0.05) is 12.1 Å². The second-order valence-corrected chi connectivity index (χ2v) is 4.57. The second kappa shape index (κ2) is 5.22. The van der Waals surface area contributed by atoms with Gasteiger partial charge in [-0.15, -0.1) is 0 Å². The lowest BCUT2D eigenvalue weighted by Gasteiger charge is -2.07. The summed E-state index contributed by atoms with van der Waals surface area (Å²) in [6.07, 6.45) is 1.84. The number of ether oxygens (including phenoxy) is 1. The first-order chi connectivity index (χ1) is 9.80. The SMILES string of the molecule is COc1ccc(Cn2cnc3ccc(NN)cc32)cc1. The van der Waals surface area contributed by atoms with Gasteiger partial charge in [0.25, 0.3) is 0 Å². The van der Waals surface area contributed by atoms with Crippen molar-refractivity contribution in [2.24, 2.45) is 5.84 Å². The molecule has 1 aromatic heterocycles. The average molecular weight is 268 g/mol. The summed E-state index contributed by atoms with van der Waals surface area (Å²) in [7, 11) is 1.67. The molecule has 3 rings (SSSR count). The summed E-state index contributed by atoms with van der Waals surface area (Å²) in [5.41, 5.74) is 6.73. The minimum Gasteiger partial charge on any atom is -0.497 e. The fourth-order valence-corrected chi connectivity index (χ4v) is 2.20. The van der Waals surface area contributed by atoms with Crippen LogP contribution in [0.4, 0.5) is 5.69 Å². The van der Waals surface area contributed by atoms with Crippen LogP contribution in [0.15, 0.2) is 48.8 Å². The smallest absolute Gasteiger partial charge is 0.118 e. The molecule has 0 aliphatic carbocycles. The van der Waals surface area contributed by atoms with Crippen LogP contribution in [0.1, 0.15) is 5.56 Å². The lowest BCUT2D eigenvalue weighted by atomic mass is 10.2. The van der Waals surface area contributed by atoms with Crippen molar-refractivity contribution in [2.45, 2.75) is 6.54 Å². The zero-order valence-corrected chi connectivity index (χ0v) is 11.2. The number of rotatable bonds is 4. The molecule has 0 bridgehead atoms. The highest BCUT2D eigenvalue weighted by Crippen LogP contribution is 2.19. The molecule has 0 atom stereocenters. The maximum absolute atomic E-state index is 5.45. The van der Waals surface area contributed by atoms with Crippen LogP contribution in [0.25, 0.3) is 11.0 Å². The molecule has 0 aliphatic rings. The fourth-order valence-electron chi connectivity index (χ4n) is 2.20. The van der Waals surface area contributed by atoms with Gasteiger partial charge < -0.3 is 14.7 Å². The van der Waals surface area contributed by atoms with E-state index in [2.05, 4.69) is 27.1 Å². The van der Waals surface area contributed by atoms with Crippen molar-refractivity contribution in [1.29, 1.82) is 0 Å². The number of benzene rings is 2. The number of hydrogen-bond acceptors (Lipinski definition) is 4. The molecule has 0 spiro atoms. The lowest BCUT2D eigenvalue weighted by Crippen LogP contribution is -2.06. The maximum Gasteiger partial charge on any atom is 0.118 e. The monoisotopic (exact) mass is 268 g/mol. The van der Waals surface area contributed by atoms with E-state index >= 15 is 0 Å². The summed E-state index contributed by atoms with van der Waals surface area (Å²) in [6.45, 7) is 0.758. The van der Waals surface area contributed by atoms with E-state index in [4.69, 9.17) is 10.6 Å². The first kappa shape index (κ1) is 12.5. The molecule has 3 aromatic rings. The number of nitrogens with two attached hydrogens (primary N) is 1. The highest BCUT2D eigenvalue weighted by Gasteiger charge is 2.04. The van der Waals surface area contributed by atoms with Gasteiger partial charge in [0, 0.05) is 6.54 Å². The molecule has 3 N–H and O–H groups in total. The Balaban J connectivity index is 1.93. The minimum atomic E-state index is 0.758. The van der Waals surface area contributed by atoms with E-state index < -0.39 is 0 Å². The van der Waals surface area contributed by atoms with Crippen LogP contribution in [0, 0.1) is 0 Å². The van der Waals surface area contributed by atoms with Gasteiger partial charge in [0.05, 0.1) is 30.2 Å². The van der Waals surface area contributed by atoms with Gasteiger partial charge in [-0.3, -0.25) is 5.84 Å². The third-order valence-electron chi connectivity index (χ3n) is 3.30. The Morgan fingerprint density at radius 2 is 2.00 bits per heavy atom. The number of hydrazine groups is 1. The van der Waals surface area contributed by atoms with Crippen LogP contribution in [0.3, 0.4) is 0 Å². The number of hydrogen-bond donors (Lipinski definition) is 2. The van der Waals surface area contributed by atoms with Gasteiger partial charge in [-0.2, -0.15) is 0 Å². The summed E-state index contributed by atoms with van der Waals surface area (Å²) in [6, 6.07) is 13.9. The van der Waals surface area contributed by atoms with Crippen LogP contribution >= 0.6 is 0 Å². The van der Waals surface area contributed by atoms with E-state index in [0.29, 0.717) is 0 Å². The number of nitrogens with one attached hydrogen (secondary N) is 1. The molecule has 0 aliphatic heterocycles. The van der Waals surface area contributed by atoms with E-state index in [-0.39, 0.29) is 0 Å². The lowest BCUT2D eigenvalue weighted by molar-refractivity contribution is 0.414. The van der Waals surface area contributed by atoms with Crippen molar-refractivity contribution >= 4 is 16.7 Å². The molecular formula is C15H16N4O. The Hall–Kier alpha value is -2.53. The van der Waals surface area contributed by atoms with Crippen LogP contribution in [0.5, 0.6) is 5.75 Å². The highest BCUT2D eigenvalue weighted by molar-refractivity contribution is 5.79. The van der Waals surface area contributed by atoms with Crippen molar-refractivity contribution < 1.29 is 4.74 Å². The summed E-state index contributed by atoms with van der Waals surface area (Å²) in [5.74, 6) is 6.31. The number of fused-ring (bicyclic) bond motifs is 1. The molecule has 0 unspecified atom stereocenters. The van der Waals surface area contributed by atoms with Crippen molar-refractivity contribution in [1.82, 2.24) is 9.55 Å². The van der Waals surface area contributed by atoms with Crippen molar-refractivity contribution in [3.8, 4) is 5.75 Å². The molecule has 2 aromatic carbocycles. The molecule has 102 valence electrons. The number of nitrogens with zero attached hydrogens (tertiary/aromatic N) is 2. The second-order valence-electron chi connectivity index (χ2n) is 4.57. The number of nitrogen functional groups attached to an aromatic ring is 1. The Morgan fingerprint density at radius 3 is 2.70 bits per heavy atom. The maximum atomic E-state index is 5.45. The molecule has 0 amide bonds.